The van der Waals surface area contributed by atoms with Crippen LogP contribution in [-0.4, -0.2) is 17.1 Å². The first-order valence-corrected chi connectivity index (χ1v) is 6.92. The van der Waals surface area contributed by atoms with E-state index in [0.717, 1.165) is 36.8 Å². The Bertz CT molecular complexity index is 511. The van der Waals surface area contributed by atoms with E-state index < -0.39 is 11.5 Å². The summed E-state index contributed by atoms with van der Waals surface area (Å²) < 4.78 is 13.3. The van der Waals surface area contributed by atoms with Crippen molar-refractivity contribution in [1.82, 2.24) is 5.32 Å². The summed E-state index contributed by atoms with van der Waals surface area (Å²) in [6.45, 7) is 0. The number of rotatable bonds is 3. The second-order valence-electron chi connectivity index (χ2n) is 5.64. The molecule has 3 rings (SSSR count). The predicted molar refractivity (Wildman–Crippen MR) is 69.4 cm³/mol. The molecule has 4 heteroatoms. The first-order chi connectivity index (χ1) is 9.12. The van der Waals surface area contributed by atoms with Crippen molar-refractivity contribution in [3.63, 3.8) is 0 Å². The lowest BCUT2D eigenvalue weighted by Gasteiger charge is -2.30. The fourth-order valence-corrected chi connectivity index (χ4v) is 3.49. The number of carboxylic acid groups (broad SMARTS) is 1. The summed E-state index contributed by atoms with van der Waals surface area (Å²) in [6, 6.07) is 4.73. The molecule has 0 spiro atoms. The van der Waals surface area contributed by atoms with Gasteiger partial charge < -0.3 is 5.11 Å². The normalized spacial score (nSPS) is 26.6. The highest BCUT2D eigenvalue weighted by molar-refractivity contribution is 5.82. The number of aryl methyl sites for hydroxylation is 1. The number of nitrogens with one attached hydrogen (secondary N) is 1. The standard InChI is InChI=1S/C15H18FNO2/c16-11-5-6-13-10(9-11)7-8-15(13,14(18)19)17-12-3-1-2-4-12/h5-6,9,12,17H,1-4,7-8H2,(H,18,19). The molecule has 0 bridgehead atoms. The molecule has 0 radical (unpaired) electrons. The molecule has 0 aliphatic heterocycles. The Morgan fingerprint density at radius 2 is 2.11 bits per heavy atom. The Hall–Kier alpha value is -1.42. The largest absolute Gasteiger partial charge is 0.480 e. The second kappa shape index (κ2) is 4.60. The average molecular weight is 263 g/mol. The quantitative estimate of drug-likeness (QED) is 0.881. The lowest BCUT2D eigenvalue weighted by atomic mass is 9.90. The average Bonchev–Trinajstić information content (AvgIpc) is 2.98. The Balaban J connectivity index is 1.97. The van der Waals surface area contributed by atoms with Gasteiger partial charge in [0.05, 0.1) is 0 Å². The van der Waals surface area contributed by atoms with Gasteiger partial charge in [-0.3, -0.25) is 5.32 Å². The minimum absolute atomic E-state index is 0.270. The minimum Gasteiger partial charge on any atom is -0.480 e. The molecular formula is C15H18FNO2. The SMILES string of the molecule is O=C(O)C1(NC2CCCC2)CCc2cc(F)ccc21. The first kappa shape index (κ1) is 12.6. The van der Waals surface area contributed by atoms with Crippen molar-refractivity contribution in [1.29, 1.82) is 0 Å². The van der Waals surface area contributed by atoms with E-state index in [9.17, 15) is 14.3 Å². The highest BCUT2D eigenvalue weighted by atomic mass is 19.1. The van der Waals surface area contributed by atoms with Crippen LogP contribution in [0.1, 0.15) is 43.2 Å². The van der Waals surface area contributed by atoms with Crippen molar-refractivity contribution < 1.29 is 14.3 Å². The minimum atomic E-state index is -1.02. The number of hydrogen-bond acceptors (Lipinski definition) is 2. The molecular weight excluding hydrogens is 245 g/mol. The van der Waals surface area contributed by atoms with Crippen molar-refractivity contribution in [2.45, 2.75) is 50.1 Å². The van der Waals surface area contributed by atoms with Crippen LogP contribution in [0.5, 0.6) is 0 Å². The van der Waals surface area contributed by atoms with Gasteiger partial charge in [0.2, 0.25) is 0 Å². The van der Waals surface area contributed by atoms with Gasteiger partial charge in [-0.15, -0.1) is 0 Å². The Morgan fingerprint density at radius 1 is 1.37 bits per heavy atom. The molecule has 1 aromatic carbocycles. The number of benzene rings is 1. The van der Waals surface area contributed by atoms with Gasteiger partial charge in [0.1, 0.15) is 11.4 Å². The highest BCUT2D eigenvalue weighted by Gasteiger charge is 2.46. The fourth-order valence-electron chi connectivity index (χ4n) is 3.49. The lowest BCUT2D eigenvalue weighted by Crippen LogP contribution is -2.51. The summed E-state index contributed by atoms with van der Waals surface area (Å²) in [4.78, 5) is 11.8. The van der Waals surface area contributed by atoms with Crippen molar-refractivity contribution >= 4 is 5.97 Å². The molecule has 102 valence electrons. The topological polar surface area (TPSA) is 49.3 Å². The fraction of sp³-hybridized carbons (Fsp3) is 0.533. The van der Waals surface area contributed by atoms with E-state index in [4.69, 9.17) is 0 Å². The van der Waals surface area contributed by atoms with Crippen LogP contribution in [0.3, 0.4) is 0 Å². The molecule has 2 N–H and O–H groups in total. The zero-order valence-electron chi connectivity index (χ0n) is 10.8. The Kier molecular flexibility index (Phi) is 3.05. The van der Waals surface area contributed by atoms with Crippen LogP contribution in [0.15, 0.2) is 18.2 Å². The zero-order chi connectivity index (χ0) is 13.5. The molecule has 0 heterocycles. The van der Waals surface area contributed by atoms with E-state index in [1.807, 2.05) is 0 Å². The van der Waals surface area contributed by atoms with E-state index in [1.165, 1.54) is 12.1 Å². The third-order valence-corrected chi connectivity index (χ3v) is 4.47. The second-order valence-corrected chi connectivity index (χ2v) is 5.64. The van der Waals surface area contributed by atoms with E-state index in [2.05, 4.69) is 5.32 Å². The van der Waals surface area contributed by atoms with Crippen LogP contribution in [0.2, 0.25) is 0 Å². The summed E-state index contributed by atoms with van der Waals surface area (Å²) >= 11 is 0. The van der Waals surface area contributed by atoms with E-state index in [-0.39, 0.29) is 11.9 Å². The zero-order valence-corrected chi connectivity index (χ0v) is 10.8. The summed E-state index contributed by atoms with van der Waals surface area (Å²) in [5.41, 5.74) is 0.555. The van der Waals surface area contributed by atoms with E-state index >= 15 is 0 Å². The number of halogens is 1. The van der Waals surface area contributed by atoms with E-state index in [0.29, 0.717) is 12.8 Å². The van der Waals surface area contributed by atoms with Gasteiger partial charge in [0.25, 0.3) is 0 Å². The van der Waals surface area contributed by atoms with Gasteiger partial charge in [0, 0.05) is 6.04 Å². The molecule has 1 fully saturated rings. The third kappa shape index (κ3) is 2.04. The summed E-state index contributed by atoms with van der Waals surface area (Å²) in [5, 5.41) is 13.0. The van der Waals surface area contributed by atoms with Crippen LogP contribution in [0, 0.1) is 5.82 Å². The first-order valence-electron chi connectivity index (χ1n) is 6.92. The van der Waals surface area contributed by atoms with E-state index in [1.54, 1.807) is 6.07 Å². The monoisotopic (exact) mass is 263 g/mol. The molecule has 3 nitrogen and oxygen atoms in total. The van der Waals surface area contributed by atoms with Gasteiger partial charge in [-0.2, -0.15) is 0 Å². The van der Waals surface area contributed by atoms with Crippen LogP contribution in [-0.2, 0) is 16.8 Å². The Labute approximate surface area is 111 Å². The van der Waals surface area contributed by atoms with Crippen LogP contribution >= 0.6 is 0 Å². The summed E-state index contributed by atoms with van der Waals surface area (Å²) in [7, 11) is 0. The van der Waals surface area contributed by atoms with Crippen molar-refractivity contribution in [3.8, 4) is 0 Å². The van der Waals surface area contributed by atoms with Crippen LogP contribution in [0.25, 0.3) is 0 Å². The maximum absolute atomic E-state index is 13.3. The number of fused-ring (bicyclic) bond motifs is 1. The molecule has 0 aromatic heterocycles. The Morgan fingerprint density at radius 3 is 2.79 bits per heavy atom. The molecule has 0 saturated heterocycles. The maximum Gasteiger partial charge on any atom is 0.328 e. The van der Waals surface area contributed by atoms with Crippen LogP contribution in [0.4, 0.5) is 4.39 Å². The molecule has 2 aliphatic rings. The number of hydrogen-bond donors (Lipinski definition) is 2. The number of carboxylic acids is 1. The van der Waals surface area contributed by atoms with Crippen molar-refractivity contribution in [2.75, 3.05) is 0 Å². The van der Waals surface area contributed by atoms with Crippen LogP contribution < -0.4 is 5.32 Å². The van der Waals surface area contributed by atoms with Crippen molar-refractivity contribution in [3.05, 3.63) is 35.1 Å². The van der Waals surface area contributed by atoms with Gasteiger partial charge in [-0.25, -0.2) is 9.18 Å². The third-order valence-electron chi connectivity index (χ3n) is 4.47. The smallest absolute Gasteiger partial charge is 0.328 e. The highest BCUT2D eigenvalue weighted by Crippen LogP contribution is 2.39. The summed E-state index contributed by atoms with van der Waals surface area (Å²) in [5.74, 6) is -1.13. The molecule has 1 saturated carbocycles. The molecule has 1 aromatic rings. The lowest BCUT2D eigenvalue weighted by molar-refractivity contribution is -0.145. The van der Waals surface area contributed by atoms with Crippen molar-refractivity contribution in [2.24, 2.45) is 0 Å². The number of aliphatic carboxylic acids is 1. The molecule has 19 heavy (non-hydrogen) atoms. The molecule has 0 amide bonds. The van der Waals surface area contributed by atoms with Gasteiger partial charge in [0.15, 0.2) is 0 Å². The van der Waals surface area contributed by atoms with Gasteiger partial charge in [-0.1, -0.05) is 18.9 Å². The predicted octanol–water partition coefficient (Wildman–Crippen LogP) is 2.58. The summed E-state index contributed by atoms with van der Waals surface area (Å²) in [6.07, 6.45) is 5.52. The van der Waals surface area contributed by atoms with Gasteiger partial charge >= 0.3 is 5.97 Å². The number of carbonyl (C=O) groups is 1. The molecule has 1 unspecified atom stereocenters. The molecule has 1 atom stereocenters. The van der Waals surface area contributed by atoms with Gasteiger partial charge in [-0.05, 0) is 48.9 Å². The molecule has 2 aliphatic carbocycles. The maximum atomic E-state index is 13.3.